The molecule has 0 radical (unpaired) electrons. The van der Waals surface area contributed by atoms with Gasteiger partial charge < -0.3 is 24.5 Å². The lowest BCUT2D eigenvalue weighted by atomic mass is 10.1. The van der Waals surface area contributed by atoms with Crippen LogP contribution in [0.15, 0.2) is 47.3 Å². The van der Waals surface area contributed by atoms with E-state index in [0.717, 1.165) is 24.3 Å². The van der Waals surface area contributed by atoms with Gasteiger partial charge in [-0.3, -0.25) is 9.59 Å². The number of nitrogens with zero attached hydrogens (tertiary/aromatic N) is 2. The van der Waals surface area contributed by atoms with Crippen LogP contribution < -0.4 is 20.3 Å². The van der Waals surface area contributed by atoms with Crippen molar-refractivity contribution in [3.8, 4) is 23.1 Å². The summed E-state index contributed by atoms with van der Waals surface area (Å²) in [6.45, 7) is -0.155. The van der Waals surface area contributed by atoms with Crippen LogP contribution in [0.25, 0.3) is 11.5 Å². The molecule has 34 heavy (non-hydrogen) atoms. The Bertz CT molecular complexity index is 1230. The topological polar surface area (TPSA) is 115 Å². The lowest BCUT2D eigenvalue weighted by Crippen LogP contribution is -2.33. The Morgan fingerprint density at radius 1 is 1.15 bits per heavy atom. The van der Waals surface area contributed by atoms with E-state index >= 15 is 0 Å². The summed E-state index contributed by atoms with van der Waals surface area (Å²) in [5, 5.41) is 2.52. The van der Waals surface area contributed by atoms with Crippen molar-refractivity contribution in [2.75, 3.05) is 20.8 Å². The minimum absolute atomic E-state index is 0.000427. The van der Waals surface area contributed by atoms with Crippen LogP contribution >= 0.6 is 0 Å². The summed E-state index contributed by atoms with van der Waals surface area (Å²) >= 11 is 0. The summed E-state index contributed by atoms with van der Waals surface area (Å²) in [6.07, 6.45) is -5.07. The third-order valence-corrected chi connectivity index (χ3v) is 4.37. The molecule has 0 spiro atoms. The monoisotopic (exact) mass is 482 g/mol. The van der Waals surface area contributed by atoms with Crippen molar-refractivity contribution in [3.63, 3.8) is 0 Å². The van der Waals surface area contributed by atoms with Gasteiger partial charge in [-0.1, -0.05) is 12.1 Å². The number of carbonyl (C=O) groups excluding carboxylic acids is 1. The number of alkyl halides is 3. The first kappa shape index (κ1) is 24.6. The van der Waals surface area contributed by atoms with Gasteiger partial charge in [0, 0.05) is 19.2 Å². The number of hydrogen-bond donors (Lipinski definition) is 2. The van der Waals surface area contributed by atoms with Crippen LogP contribution in [0.1, 0.15) is 22.1 Å². The van der Waals surface area contributed by atoms with Gasteiger partial charge in [-0.2, -0.15) is 0 Å². The van der Waals surface area contributed by atoms with Gasteiger partial charge in [0.05, 0.1) is 19.8 Å². The smallest absolute Gasteiger partial charge is 0.481 e. The number of amides is 1. The number of hydrogen-bond acceptors (Lipinski definition) is 7. The van der Waals surface area contributed by atoms with Crippen LogP contribution in [0.2, 0.25) is 0 Å². The third-order valence-electron chi connectivity index (χ3n) is 4.37. The Hall–Kier alpha value is -4.00. The zero-order chi connectivity index (χ0) is 24.9. The molecule has 1 amide bonds. The van der Waals surface area contributed by atoms with Crippen LogP contribution in [0.4, 0.5) is 17.6 Å². The van der Waals surface area contributed by atoms with Crippen molar-refractivity contribution in [2.24, 2.45) is 0 Å². The maximum Gasteiger partial charge on any atom is 0.573 e. The number of aromatic amines is 1. The van der Waals surface area contributed by atoms with E-state index < -0.39 is 35.4 Å². The summed E-state index contributed by atoms with van der Waals surface area (Å²) in [5.41, 5.74) is -0.576. The van der Waals surface area contributed by atoms with E-state index in [2.05, 4.69) is 25.0 Å². The Balaban J connectivity index is 1.87. The van der Waals surface area contributed by atoms with Crippen molar-refractivity contribution in [2.45, 2.75) is 12.4 Å². The van der Waals surface area contributed by atoms with E-state index in [-0.39, 0.29) is 35.3 Å². The Morgan fingerprint density at radius 2 is 1.91 bits per heavy atom. The molecule has 1 aromatic carbocycles. The zero-order valence-corrected chi connectivity index (χ0v) is 17.8. The molecule has 0 aliphatic carbocycles. The molecule has 1 unspecified atom stereocenters. The van der Waals surface area contributed by atoms with Crippen LogP contribution in [0.3, 0.4) is 0 Å². The highest BCUT2D eigenvalue weighted by molar-refractivity contribution is 5.92. The second-order valence-electron chi connectivity index (χ2n) is 6.76. The number of nitrogens with one attached hydrogen (secondary N) is 2. The van der Waals surface area contributed by atoms with Gasteiger partial charge >= 0.3 is 6.36 Å². The second-order valence-corrected chi connectivity index (χ2v) is 6.76. The summed E-state index contributed by atoms with van der Waals surface area (Å²) in [5.74, 6) is -2.86. The Kier molecular flexibility index (Phi) is 7.46. The molecule has 3 rings (SSSR count). The van der Waals surface area contributed by atoms with Gasteiger partial charge in [0.15, 0.2) is 17.4 Å². The lowest BCUT2D eigenvalue weighted by molar-refractivity contribution is -0.275. The van der Waals surface area contributed by atoms with E-state index in [1.165, 1.54) is 14.2 Å². The van der Waals surface area contributed by atoms with E-state index in [1.807, 2.05) is 0 Å². The maximum absolute atomic E-state index is 14.1. The summed E-state index contributed by atoms with van der Waals surface area (Å²) < 4.78 is 64.9. The number of benzene rings is 1. The van der Waals surface area contributed by atoms with Crippen LogP contribution in [-0.4, -0.2) is 48.0 Å². The molecule has 1 atom stereocenters. The van der Waals surface area contributed by atoms with E-state index in [9.17, 15) is 27.2 Å². The van der Waals surface area contributed by atoms with Gasteiger partial charge in [-0.05, 0) is 23.8 Å². The Labute approximate surface area is 189 Å². The average Bonchev–Trinajstić information content (AvgIpc) is 2.79. The minimum atomic E-state index is -5.07. The standard InChI is InChI=1S/C21H18F4N4O5/c1-32-10-15(11-6-7-16(12(22)8-11)34-21(23,24)25)28-20(31)14-9-17(30)29-19(27-14)13-4-3-5-18(26-13)33-2/h3-9,15H,10H2,1-2H3,(H,28,31)(H,27,29,30). The molecule has 0 saturated carbocycles. The number of rotatable bonds is 8. The van der Waals surface area contributed by atoms with E-state index in [4.69, 9.17) is 9.47 Å². The fourth-order valence-electron chi connectivity index (χ4n) is 2.92. The number of aromatic nitrogens is 3. The van der Waals surface area contributed by atoms with E-state index in [0.29, 0.717) is 0 Å². The highest BCUT2D eigenvalue weighted by Gasteiger charge is 2.32. The highest BCUT2D eigenvalue weighted by Crippen LogP contribution is 2.28. The molecule has 2 aromatic heterocycles. The predicted molar refractivity (Wildman–Crippen MR) is 110 cm³/mol. The molecule has 2 heterocycles. The minimum Gasteiger partial charge on any atom is -0.481 e. The molecule has 13 heteroatoms. The largest absolute Gasteiger partial charge is 0.573 e. The summed E-state index contributed by atoms with van der Waals surface area (Å²) in [7, 11) is 2.72. The number of pyridine rings is 1. The average molecular weight is 482 g/mol. The molecule has 9 nitrogen and oxygen atoms in total. The molecule has 2 N–H and O–H groups in total. The van der Waals surface area contributed by atoms with Crippen LogP contribution in [0.5, 0.6) is 11.6 Å². The number of H-pyrrole nitrogens is 1. The normalized spacial score (nSPS) is 12.2. The first-order chi connectivity index (χ1) is 16.1. The van der Waals surface area contributed by atoms with Crippen molar-refractivity contribution in [3.05, 3.63) is 69.9 Å². The molecule has 0 aliphatic heterocycles. The van der Waals surface area contributed by atoms with Gasteiger partial charge in [0.2, 0.25) is 5.88 Å². The van der Waals surface area contributed by atoms with Crippen molar-refractivity contribution < 1.29 is 36.6 Å². The zero-order valence-electron chi connectivity index (χ0n) is 17.8. The molecule has 0 fully saturated rings. The van der Waals surface area contributed by atoms with Gasteiger partial charge in [-0.25, -0.2) is 14.4 Å². The molecular formula is C21H18F4N4O5. The summed E-state index contributed by atoms with van der Waals surface area (Å²) in [6, 6.07) is 7.41. The van der Waals surface area contributed by atoms with Gasteiger partial charge in [0.25, 0.3) is 11.5 Å². The van der Waals surface area contributed by atoms with Gasteiger partial charge in [-0.15, -0.1) is 13.2 Å². The fraction of sp³-hybridized carbons (Fsp3) is 0.238. The number of carbonyl (C=O) groups is 1. The van der Waals surface area contributed by atoms with E-state index in [1.54, 1.807) is 18.2 Å². The molecule has 180 valence electrons. The predicted octanol–water partition coefficient (Wildman–Crippen LogP) is 3.00. The molecular weight excluding hydrogens is 464 g/mol. The second kappa shape index (κ2) is 10.3. The first-order valence-corrected chi connectivity index (χ1v) is 9.57. The molecule has 3 aromatic rings. The quantitative estimate of drug-likeness (QED) is 0.475. The SMILES string of the molecule is COCC(NC(=O)c1cc(=O)[nH]c(-c2cccc(OC)n2)n1)c1ccc(OC(F)(F)F)c(F)c1. The van der Waals surface area contributed by atoms with Crippen LogP contribution in [0, 0.1) is 5.82 Å². The molecule has 0 saturated heterocycles. The van der Waals surface area contributed by atoms with Crippen LogP contribution in [-0.2, 0) is 4.74 Å². The number of halogens is 4. The molecule has 0 bridgehead atoms. The number of methoxy groups -OCH3 is 2. The van der Waals surface area contributed by atoms with Crippen molar-refractivity contribution in [1.29, 1.82) is 0 Å². The molecule has 0 aliphatic rings. The van der Waals surface area contributed by atoms with Crippen molar-refractivity contribution in [1.82, 2.24) is 20.3 Å². The first-order valence-electron chi connectivity index (χ1n) is 9.57. The number of ether oxygens (including phenoxy) is 3. The maximum atomic E-state index is 14.1. The fourth-order valence-corrected chi connectivity index (χ4v) is 2.92. The summed E-state index contributed by atoms with van der Waals surface area (Å²) in [4.78, 5) is 35.6. The van der Waals surface area contributed by atoms with Gasteiger partial charge in [0.1, 0.15) is 11.4 Å². The lowest BCUT2D eigenvalue weighted by Gasteiger charge is -2.19. The van der Waals surface area contributed by atoms with Crippen molar-refractivity contribution >= 4 is 5.91 Å². The third kappa shape index (κ3) is 6.28. The highest BCUT2D eigenvalue weighted by atomic mass is 19.4. The Morgan fingerprint density at radius 3 is 2.56 bits per heavy atom.